The van der Waals surface area contributed by atoms with Crippen molar-refractivity contribution in [2.45, 2.75) is 6.92 Å². The van der Waals surface area contributed by atoms with Gasteiger partial charge in [0.2, 0.25) is 5.82 Å². The number of rotatable bonds is 2. The van der Waals surface area contributed by atoms with Gasteiger partial charge >= 0.3 is 0 Å². The first-order valence-corrected chi connectivity index (χ1v) is 8.39. The van der Waals surface area contributed by atoms with Gasteiger partial charge in [-0.15, -0.1) is 0 Å². The second-order valence-electron chi connectivity index (χ2n) is 5.69. The second kappa shape index (κ2) is 5.93. The molecule has 0 saturated carbocycles. The summed E-state index contributed by atoms with van der Waals surface area (Å²) in [5, 5.41) is 4.06. The van der Waals surface area contributed by atoms with E-state index in [0.717, 1.165) is 21.1 Å². The predicted octanol–water partition coefficient (Wildman–Crippen LogP) is 3.72. The van der Waals surface area contributed by atoms with Crippen molar-refractivity contribution in [3.8, 4) is 22.8 Å². The van der Waals surface area contributed by atoms with Gasteiger partial charge < -0.3 is 9.09 Å². The summed E-state index contributed by atoms with van der Waals surface area (Å²) in [7, 11) is 1.74. The average Bonchev–Trinajstić information content (AvgIpc) is 3.10. The van der Waals surface area contributed by atoms with E-state index in [4.69, 9.17) is 4.52 Å². The zero-order valence-corrected chi connectivity index (χ0v) is 15.1. The first-order valence-electron chi connectivity index (χ1n) is 7.60. The monoisotopic (exact) mass is 396 g/mol. The molecule has 0 bridgehead atoms. The Bertz CT molecular complexity index is 1150. The highest BCUT2D eigenvalue weighted by Crippen LogP contribution is 2.25. The minimum atomic E-state index is -0.0997. The molecule has 0 aliphatic heterocycles. The van der Waals surface area contributed by atoms with E-state index in [1.54, 1.807) is 18.5 Å². The molecule has 0 atom stereocenters. The molecule has 0 spiro atoms. The van der Waals surface area contributed by atoms with Gasteiger partial charge in [-0.3, -0.25) is 4.79 Å². The number of aromatic nitrogens is 4. The molecular formula is C18H13BrN4O2. The van der Waals surface area contributed by atoms with Crippen molar-refractivity contribution in [3.63, 3.8) is 0 Å². The number of nitrogens with zero attached hydrogens (tertiary/aromatic N) is 4. The van der Waals surface area contributed by atoms with Gasteiger partial charge in [-0.25, -0.2) is 4.98 Å². The summed E-state index contributed by atoms with van der Waals surface area (Å²) >= 11 is 3.40. The second-order valence-corrected chi connectivity index (χ2v) is 6.61. The number of aryl methyl sites for hydroxylation is 2. The van der Waals surface area contributed by atoms with Gasteiger partial charge in [0.05, 0.1) is 11.0 Å². The Kier molecular flexibility index (Phi) is 3.73. The average molecular weight is 397 g/mol. The van der Waals surface area contributed by atoms with Gasteiger partial charge in [-0.05, 0) is 49.4 Å². The van der Waals surface area contributed by atoms with E-state index in [0.29, 0.717) is 22.9 Å². The number of fused-ring (bicyclic) bond motifs is 1. The Morgan fingerprint density at radius 2 is 1.76 bits per heavy atom. The molecule has 7 heteroatoms. The highest BCUT2D eigenvalue weighted by molar-refractivity contribution is 9.10. The van der Waals surface area contributed by atoms with E-state index in [2.05, 4.69) is 31.1 Å². The topological polar surface area (TPSA) is 73.8 Å². The lowest BCUT2D eigenvalue weighted by Crippen LogP contribution is -2.20. The minimum Gasteiger partial charge on any atom is -0.334 e. The quantitative estimate of drug-likeness (QED) is 0.516. The Morgan fingerprint density at radius 1 is 1.04 bits per heavy atom. The van der Waals surface area contributed by atoms with E-state index in [9.17, 15) is 4.79 Å². The van der Waals surface area contributed by atoms with Crippen LogP contribution in [0.1, 0.15) is 5.69 Å². The molecule has 0 fully saturated rings. The lowest BCUT2D eigenvalue weighted by atomic mass is 10.1. The summed E-state index contributed by atoms with van der Waals surface area (Å²) in [6, 6.07) is 13.2. The Labute approximate surface area is 151 Å². The van der Waals surface area contributed by atoms with Crippen LogP contribution >= 0.6 is 15.9 Å². The van der Waals surface area contributed by atoms with Crippen LogP contribution in [0.3, 0.4) is 0 Å². The van der Waals surface area contributed by atoms with Crippen LogP contribution in [-0.4, -0.2) is 19.7 Å². The van der Waals surface area contributed by atoms with Crippen molar-refractivity contribution >= 4 is 27.0 Å². The Morgan fingerprint density at radius 3 is 2.52 bits per heavy atom. The number of halogens is 1. The van der Waals surface area contributed by atoms with Crippen molar-refractivity contribution < 1.29 is 4.52 Å². The molecular weight excluding hydrogens is 384 g/mol. The standard InChI is InChI=1S/C18H13BrN4O2/c1-10-18(24)23(2)15-8-5-12(9-14(15)20-10)16-21-17(25-22-16)11-3-6-13(19)7-4-11/h3-9H,1-2H3. The summed E-state index contributed by atoms with van der Waals surface area (Å²) in [5.41, 5.74) is 3.46. The van der Waals surface area contributed by atoms with Crippen LogP contribution < -0.4 is 5.56 Å². The van der Waals surface area contributed by atoms with Crippen LogP contribution in [-0.2, 0) is 7.05 Å². The Balaban J connectivity index is 1.79. The fraction of sp³-hybridized carbons (Fsp3) is 0.111. The predicted molar refractivity (Wildman–Crippen MR) is 98.1 cm³/mol. The molecule has 0 unspecified atom stereocenters. The zero-order chi connectivity index (χ0) is 17.6. The van der Waals surface area contributed by atoms with Crippen LogP contribution in [0, 0.1) is 6.92 Å². The van der Waals surface area contributed by atoms with Gasteiger partial charge in [0.25, 0.3) is 11.4 Å². The molecule has 124 valence electrons. The maximum Gasteiger partial charge on any atom is 0.272 e. The molecule has 0 aliphatic carbocycles. The Hall–Kier alpha value is -2.80. The van der Waals surface area contributed by atoms with Crippen molar-refractivity contribution in [2.24, 2.45) is 7.05 Å². The fourth-order valence-electron chi connectivity index (χ4n) is 2.67. The van der Waals surface area contributed by atoms with Crippen molar-refractivity contribution in [1.82, 2.24) is 19.7 Å². The van der Waals surface area contributed by atoms with Gasteiger partial charge in [0.15, 0.2) is 0 Å². The van der Waals surface area contributed by atoms with Crippen LogP contribution in [0.2, 0.25) is 0 Å². The number of hydrogen-bond acceptors (Lipinski definition) is 5. The molecule has 0 amide bonds. The summed E-state index contributed by atoms with van der Waals surface area (Å²) in [5.74, 6) is 0.931. The van der Waals surface area contributed by atoms with Crippen molar-refractivity contribution in [1.29, 1.82) is 0 Å². The normalized spacial score (nSPS) is 11.2. The fourth-order valence-corrected chi connectivity index (χ4v) is 2.93. The maximum atomic E-state index is 12.0. The summed E-state index contributed by atoms with van der Waals surface area (Å²) in [4.78, 5) is 20.8. The van der Waals surface area contributed by atoms with Gasteiger partial charge in [-0.1, -0.05) is 21.1 Å². The first kappa shape index (κ1) is 15.7. The number of benzene rings is 2. The maximum absolute atomic E-state index is 12.0. The summed E-state index contributed by atoms with van der Waals surface area (Å²) in [6.07, 6.45) is 0. The van der Waals surface area contributed by atoms with E-state index in [-0.39, 0.29) is 5.56 Å². The highest BCUT2D eigenvalue weighted by Gasteiger charge is 2.12. The van der Waals surface area contributed by atoms with Crippen LogP contribution in [0.4, 0.5) is 0 Å². The molecule has 2 heterocycles. The molecule has 4 rings (SSSR count). The van der Waals surface area contributed by atoms with Crippen molar-refractivity contribution in [3.05, 3.63) is 63.0 Å². The van der Waals surface area contributed by atoms with E-state index >= 15 is 0 Å². The van der Waals surface area contributed by atoms with Crippen LogP contribution in [0.15, 0.2) is 56.3 Å². The molecule has 4 aromatic rings. The SMILES string of the molecule is Cc1nc2cc(-c3noc(-c4ccc(Br)cc4)n3)ccc2n(C)c1=O. The lowest BCUT2D eigenvalue weighted by Gasteiger charge is -2.06. The van der Waals surface area contributed by atoms with Crippen LogP contribution in [0.5, 0.6) is 0 Å². The summed E-state index contributed by atoms with van der Waals surface area (Å²) in [6.45, 7) is 1.70. The smallest absolute Gasteiger partial charge is 0.272 e. The van der Waals surface area contributed by atoms with Crippen LogP contribution in [0.25, 0.3) is 33.9 Å². The molecule has 0 saturated heterocycles. The van der Waals surface area contributed by atoms with Crippen molar-refractivity contribution in [2.75, 3.05) is 0 Å². The zero-order valence-electron chi connectivity index (χ0n) is 13.5. The lowest BCUT2D eigenvalue weighted by molar-refractivity contribution is 0.432. The third-order valence-electron chi connectivity index (χ3n) is 4.01. The van der Waals surface area contributed by atoms with Gasteiger partial charge in [0.1, 0.15) is 5.69 Å². The van der Waals surface area contributed by atoms with E-state index in [1.807, 2.05) is 42.5 Å². The third kappa shape index (κ3) is 2.76. The molecule has 25 heavy (non-hydrogen) atoms. The number of hydrogen-bond donors (Lipinski definition) is 0. The van der Waals surface area contributed by atoms with E-state index < -0.39 is 0 Å². The molecule has 6 nitrogen and oxygen atoms in total. The largest absolute Gasteiger partial charge is 0.334 e. The molecule has 2 aromatic carbocycles. The van der Waals surface area contributed by atoms with Gasteiger partial charge in [-0.2, -0.15) is 4.98 Å². The first-order chi connectivity index (χ1) is 12.0. The molecule has 0 N–H and O–H groups in total. The van der Waals surface area contributed by atoms with E-state index in [1.165, 1.54) is 0 Å². The van der Waals surface area contributed by atoms with Gasteiger partial charge in [0, 0.05) is 22.6 Å². The molecule has 2 aromatic heterocycles. The summed E-state index contributed by atoms with van der Waals surface area (Å²) < 4.78 is 7.94. The highest BCUT2D eigenvalue weighted by atomic mass is 79.9. The third-order valence-corrected chi connectivity index (χ3v) is 4.54. The minimum absolute atomic E-state index is 0.0997. The molecule has 0 radical (unpaired) electrons. The molecule has 0 aliphatic rings.